The van der Waals surface area contributed by atoms with Gasteiger partial charge in [0.15, 0.2) is 0 Å². The first kappa shape index (κ1) is 16.7. The third kappa shape index (κ3) is 2.97. The predicted octanol–water partition coefficient (Wildman–Crippen LogP) is 3.88. The summed E-state index contributed by atoms with van der Waals surface area (Å²) in [6.07, 6.45) is 2.37. The molecule has 0 saturated heterocycles. The third-order valence-electron chi connectivity index (χ3n) is 4.43. The summed E-state index contributed by atoms with van der Waals surface area (Å²) in [5, 5.41) is 1.35. The first-order valence-corrected chi connectivity index (χ1v) is 9.05. The SMILES string of the molecule is CCc1ccc2c(Cn3cnc4ccc(Br)cc4c3=O)cc(=O)oc2c1. The molecule has 26 heavy (non-hydrogen) atoms. The topological polar surface area (TPSA) is 65.1 Å². The van der Waals surface area contributed by atoms with Gasteiger partial charge < -0.3 is 4.42 Å². The molecule has 0 amide bonds. The summed E-state index contributed by atoms with van der Waals surface area (Å²) in [5.41, 5.74) is 2.42. The van der Waals surface area contributed by atoms with E-state index in [-0.39, 0.29) is 12.1 Å². The summed E-state index contributed by atoms with van der Waals surface area (Å²) in [4.78, 5) is 29.1. The highest BCUT2D eigenvalue weighted by Crippen LogP contribution is 2.20. The molecule has 0 fully saturated rings. The van der Waals surface area contributed by atoms with E-state index in [1.165, 1.54) is 17.0 Å². The Kier molecular flexibility index (Phi) is 4.20. The Morgan fingerprint density at radius 2 is 1.92 bits per heavy atom. The van der Waals surface area contributed by atoms with Gasteiger partial charge in [-0.1, -0.05) is 35.0 Å². The van der Waals surface area contributed by atoms with E-state index in [4.69, 9.17) is 4.42 Å². The van der Waals surface area contributed by atoms with Crippen LogP contribution < -0.4 is 11.2 Å². The van der Waals surface area contributed by atoms with Gasteiger partial charge in [-0.3, -0.25) is 9.36 Å². The minimum Gasteiger partial charge on any atom is -0.423 e. The number of fused-ring (bicyclic) bond motifs is 2. The van der Waals surface area contributed by atoms with Crippen LogP contribution in [0.3, 0.4) is 0 Å². The van der Waals surface area contributed by atoms with Crippen LogP contribution in [0, 0.1) is 0 Å². The van der Waals surface area contributed by atoms with Gasteiger partial charge in [0.1, 0.15) is 5.58 Å². The first-order valence-electron chi connectivity index (χ1n) is 8.25. The van der Waals surface area contributed by atoms with Crippen molar-refractivity contribution >= 4 is 37.8 Å². The molecule has 0 radical (unpaired) electrons. The highest BCUT2D eigenvalue weighted by molar-refractivity contribution is 9.10. The fourth-order valence-electron chi connectivity index (χ4n) is 3.05. The molecular formula is C20H15BrN2O3. The van der Waals surface area contributed by atoms with E-state index in [1.807, 2.05) is 31.2 Å². The van der Waals surface area contributed by atoms with E-state index in [0.29, 0.717) is 16.5 Å². The lowest BCUT2D eigenvalue weighted by Gasteiger charge is -2.09. The molecule has 4 aromatic rings. The van der Waals surface area contributed by atoms with Crippen LogP contribution in [0.1, 0.15) is 18.1 Å². The van der Waals surface area contributed by atoms with Crippen LogP contribution in [0.25, 0.3) is 21.9 Å². The summed E-state index contributed by atoms with van der Waals surface area (Å²) in [6.45, 7) is 2.30. The van der Waals surface area contributed by atoms with Crippen LogP contribution in [0.4, 0.5) is 0 Å². The van der Waals surface area contributed by atoms with Gasteiger partial charge in [0.2, 0.25) is 0 Å². The van der Waals surface area contributed by atoms with Crippen molar-refractivity contribution in [1.29, 1.82) is 0 Å². The van der Waals surface area contributed by atoms with Gasteiger partial charge in [0, 0.05) is 15.9 Å². The Morgan fingerprint density at radius 3 is 2.73 bits per heavy atom. The zero-order valence-electron chi connectivity index (χ0n) is 14.0. The Labute approximate surface area is 157 Å². The van der Waals surface area contributed by atoms with Gasteiger partial charge in [-0.2, -0.15) is 0 Å². The maximum absolute atomic E-state index is 12.8. The van der Waals surface area contributed by atoms with Crippen LogP contribution in [-0.4, -0.2) is 9.55 Å². The number of nitrogens with zero attached hydrogens (tertiary/aromatic N) is 2. The highest BCUT2D eigenvalue weighted by Gasteiger charge is 2.10. The van der Waals surface area contributed by atoms with E-state index in [9.17, 15) is 9.59 Å². The number of hydrogen-bond donors (Lipinski definition) is 0. The molecule has 2 heterocycles. The van der Waals surface area contributed by atoms with Gasteiger partial charge in [-0.15, -0.1) is 0 Å². The Bertz CT molecular complexity index is 1260. The standard InChI is InChI=1S/C20H15BrN2O3/c1-2-12-3-5-15-13(8-19(24)26-18(15)7-12)10-23-11-22-17-6-4-14(21)9-16(17)20(23)25/h3-9,11H,2,10H2,1H3. The number of halogens is 1. The van der Waals surface area contributed by atoms with Crippen molar-refractivity contribution in [3.63, 3.8) is 0 Å². The Morgan fingerprint density at radius 1 is 1.08 bits per heavy atom. The lowest BCUT2D eigenvalue weighted by Crippen LogP contribution is -2.21. The van der Waals surface area contributed by atoms with Crippen LogP contribution in [0.5, 0.6) is 0 Å². The van der Waals surface area contributed by atoms with Crippen LogP contribution in [0.2, 0.25) is 0 Å². The predicted molar refractivity (Wildman–Crippen MR) is 105 cm³/mol. The van der Waals surface area contributed by atoms with Crippen LogP contribution >= 0.6 is 15.9 Å². The van der Waals surface area contributed by atoms with Crippen molar-refractivity contribution in [3.8, 4) is 0 Å². The highest BCUT2D eigenvalue weighted by atomic mass is 79.9. The van der Waals surface area contributed by atoms with E-state index in [2.05, 4.69) is 20.9 Å². The van der Waals surface area contributed by atoms with Gasteiger partial charge in [0.25, 0.3) is 5.56 Å². The Hall–Kier alpha value is -2.73. The number of aromatic nitrogens is 2. The second-order valence-corrected chi connectivity index (χ2v) is 7.03. The largest absolute Gasteiger partial charge is 0.423 e. The summed E-state index contributed by atoms with van der Waals surface area (Å²) in [7, 11) is 0. The monoisotopic (exact) mass is 410 g/mol. The van der Waals surface area contributed by atoms with Crippen LogP contribution in [0.15, 0.2) is 67.3 Å². The van der Waals surface area contributed by atoms with E-state index < -0.39 is 5.63 Å². The molecule has 0 atom stereocenters. The number of hydrogen-bond acceptors (Lipinski definition) is 4. The molecule has 0 aliphatic rings. The number of aryl methyl sites for hydroxylation is 1. The van der Waals surface area contributed by atoms with Crippen LogP contribution in [-0.2, 0) is 13.0 Å². The summed E-state index contributed by atoms with van der Waals surface area (Å²) < 4.78 is 7.66. The lowest BCUT2D eigenvalue weighted by molar-refractivity contribution is 0.557. The molecule has 0 bridgehead atoms. The molecule has 0 unspecified atom stereocenters. The fourth-order valence-corrected chi connectivity index (χ4v) is 3.41. The maximum Gasteiger partial charge on any atom is 0.336 e. The molecule has 130 valence electrons. The van der Waals surface area contributed by atoms with E-state index >= 15 is 0 Å². The second-order valence-electron chi connectivity index (χ2n) is 6.11. The smallest absolute Gasteiger partial charge is 0.336 e. The summed E-state index contributed by atoms with van der Waals surface area (Å²) >= 11 is 3.38. The van der Waals surface area contributed by atoms with Crippen molar-refractivity contribution in [2.75, 3.05) is 0 Å². The number of benzene rings is 2. The molecule has 0 aliphatic carbocycles. The average Bonchev–Trinajstić information content (AvgIpc) is 2.63. The normalized spacial score (nSPS) is 11.3. The third-order valence-corrected chi connectivity index (χ3v) is 4.92. The zero-order valence-corrected chi connectivity index (χ0v) is 15.6. The molecule has 0 saturated carbocycles. The zero-order chi connectivity index (χ0) is 18.3. The summed E-state index contributed by atoms with van der Waals surface area (Å²) in [6, 6.07) is 12.6. The van der Waals surface area contributed by atoms with Crippen molar-refractivity contribution in [1.82, 2.24) is 9.55 Å². The molecule has 0 N–H and O–H groups in total. The van der Waals surface area contributed by atoms with Gasteiger partial charge >= 0.3 is 5.63 Å². The maximum atomic E-state index is 12.8. The average molecular weight is 411 g/mol. The lowest BCUT2D eigenvalue weighted by atomic mass is 10.1. The molecule has 2 aromatic carbocycles. The molecule has 6 heteroatoms. The molecular weight excluding hydrogens is 396 g/mol. The molecule has 0 spiro atoms. The summed E-state index contributed by atoms with van der Waals surface area (Å²) in [5.74, 6) is 0. The fraction of sp³-hybridized carbons (Fsp3) is 0.150. The molecule has 5 nitrogen and oxygen atoms in total. The minimum atomic E-state index is -0.426. The first-order chi connectivity index (χ1) is 12.5. The van der Waals surface area contributed by atoms with E-state index in [0.717, 1.165) is 27.4 Å². The van der Waals surface area contributed by atoms with Crippen molar-refractivity contribution in [3.05, 3.63) is 85.2 Å². The molecule has 0 aliphatic heterocycles. The van der Waals surface area contributed by atoms with Crippen molar-refractivity contribution in [2.45, 2.75) is 19.9 Å². The van der Waals surface area contributed by atoms with Gasteiger partial charge in [-0.05, 0) is 41.8 Å². The Balaban J connectivity index is 1.87. The van der Waals surface area contributed by atoms with Crippen molar-refractivity contribution < 1.29 is 4.42 Å². The quantitative estimate of drug-likeness (QED) is 0.480. The van der Waals surface area contributed by atoms with Crippen molar-refractivity contribution in [2.24, 2.45) is 0 Å². The number of rotatable bonds is 3. The minimum absolute atomic E-state index is 0.150. The van der Waals surface area contributed by atoms with E-state index in [1.54, 1.807) is 12.1 Å². The second kappa shape index (κ2) is 6.53. The van der Waals surface area contributed by atoms with Gasteiger partial charge in [0.05, 0.1) is 23.8 Å². The molecule has 2 aromatic heterocycles. The molecule has 4 rings (SSSR count). The van der Waals surface area contributed by atoms with Gasteiger partial charge in [-0.25, -0.2) is 9.78 Å².